The molecule has 0 saturated heterocycles. The number of nitro benzene ring substituents is 1. The van der Waals surface area contributed by atoms with Crippen molar-refractivity contribution in [1.29, 1.82) is 0 Å². The van der Waals surface area contributed by atoms with Gasteiger partial charge in [0.25, 0.3) is 5.69 Å². The molecule has 2 aromatic rings. The maximum absolute atomic E-state index is 13.5. The van der Waals surface area contributed by atoms with E-state index in [9.17, 15) is 28.1 Å². The number of carbonyl (C=O) groups is 2. The first-order valence-electron chi connectivity index (χ1n) is 10.9. The van der Waals surface area contributed by atoms with Crippen LogP contribution >= 0.6 is 15.9 Å². The second-order valence-electron chi connectivity index (χ2n) is 8.12. The minimum atomic E-state index is -4.00. The zero-order valence-corrected chi connectivity index (χ0v) is 22.4. The maximum Gasteiger partial charge on any atom is 0.271 e. The third kappa shape index (κ3) is 7.76. The number of halogens is 1. The highest BCUT2D eigenvalue weighted by atomic mass is 79.9. The van der Waals surface area contributed by atoms with Gasteiger partial charge in [0.05, 0.1) is 16.9 Å². The highest BCUT2D eigenvalue weighted by Crippen LogP contribution is 2.28. The van der Waals surface area contributed by atoms with Gasteiger partial charge in [-0.05, 0) is 43.5 Å². The van der Waals surface area contributed by atoms with E-state index in [0.29, 0.717) is 18.5 Å². The smallest absolute Gasteiger partial charge is 0.271 e. The van der Waals surface area contributed by atoms with Gasteiger partial charge in [0.1, 0.15) is 12.6 Å². The van der Waals surface area contributed by atoms with Crippen molar-refractivity contribution in [2.24, 2.45) is 0 Å². The summed E-state index contributed by atoms with van der Waals surface area (Å²) in [5, 5.41) is 14.0. The van der Waals surface area contributed by atoms with Crippen LogP contribution in [0.5, 0.6) is 0 Å². The van der Waals surface area contributed by atoms with Gasteiger partial charge in [-0.2, -0.15) is 0 Å². The number of aryl methyl sites for hydroxylation is 1. The SMILES string of the molecule is CCCNC(=O)C(C)N(Cc1cccc(Br)c1)C(=O)CN(c1cc([N+](=O)[O-])ccc1C)S(C)(=O)=O. The fourth-order valence-electron chi connectivity index (χ4n) is 3.39. The van der Waals surface area contributed by atoms with Crippen LogP contribution in [0.2, 0.25) is 0 Å². The molecule has 1 unspecified atom stereocenters. The van der Waals surface area contributed by atoms with Gasteiger partial charge in [-0.3, -0.25) is 24.0 Å². The van der Waals surface area contributed by atoms with Crippen LogP contribution in [0.3, 0.4) is 0 Å². The summed E-state index contributed by atoms with van der Waals surface area (Å²) in [6.07, 6.45) is 1.64. The molecule has 2 rings (SSSR count). The molecule has 0 fully saturated rings. The van der Waals surface area contributed by atoms with Crippen molar-refractivity contribution < 1.29 is 22.9 Å². The van der Waals surface area contributed by atoms with Crippen molar-refractivity contribution in [1.82, 2.24) is 10.2 Å². The van der Waals surface area contributed by atoms with E-state index in [-0.39, 0.29) is 23.8 Å². The van der Waals surface area contributed by atoms with Gasteiger partial charge in [-0.15, -0.1) is 0 Å². The molecule has 0 aliphatic rings. The summed E-state index contributed by atoms with van der Waals surface area (Å²) in [4.78, 5) is 38.1. The van der Waals surface area contributed by atoms with Crippen LogP contribution in [0, 0.1) is 17.0 Å². The van der Waals surface area contributed by atoms with Crippen molar-refractivity contribution in [3.05, 3.63) is 68.2 Å². The molecule has 1 atom stereocenters. The molecule has 0 spiro atoms. The first-order chi connectivity index (χ1) is 16.3. The van der Waals surface area contributed by atoms with E-state index < -0.39 is 33.4 Å². The van der Waals surface area contributed by atoms with Gasteiger partial charge in [0, 0.05) is 29.7 Å². The van der Waals surface area contributed by atoms with Crippen molar-refractivity contribution in [3.8, 4) is 0 Å². The van der Waals surface area contributed by atoms with Gasteiger partial charge in [0.2, 0.25) is 21.8 Å². The number of carbonyl (C=O) groups excluding carboxylic acids is 2. The molecule has 2 amide bonds. The van der Waals surface area contributed by atoms with Crippen LogP contribution < -0.4 is 9.62 Å². The summed E-state index contributed by atoms with van der Waals surface area (Å²) in [6.45, 7) is 4.95. The molecule has 0 heterocycles. The lowest BCUT2D eigenvalue weighted by molar-refractivity contribution is -0.384. The first kappa shape index (κ1) is 28.2. The molecule has 0 bridgehead atoms. The number of amides is 2. The Balaban J connectivity index is 2.47. The third-order valence-corrected chi connectivity index (χ3v) is 6.93. The fourth-order valence-corrected chi connectivity index (χ4v) is 4.73. The monoisotopic (exact) mass is 568 g/mol. The molecule has 0 aliphatic heterocycles. The third-order valence-electron chi connectivity index (χ3n) is 5.31. The number of nitrogens with zero attached hydrogens (tertiary/aromatic N) is 3. The molecule has 0 radical (unpaired) electrons. The van der Waals surface area contributed by atoms with Crippen molar-refractivity contribution in [2.45, 2.75) is 39.8 Å². The van der Waals surface area contributed by atoms with Crippen LogP contribution in [-0.4, -0.2) is 55.4 Å². The van der Waals surface area contributed by atoms with E-state index in [0.717, 1.165) is 26.7 Å². The average Bonchev–Trinajstić information content (AvgIpc) is 2.78. The van der Waals surface area contributed by atoms with Crippen LogP contribution in [0.1, 0.15) is 31.4 Å². The highest BCUT2D eigenvalue weighted by molar-refractivity contribution is 9.10. The Bertz CT molecular complexity index is 1200. The number of sulfonamides is 1. The van der Waals surface area contributed by atoms with Crippen molar-refractivity contribution in [2.75, 3.05) is 23.7 Å². The van der Waals surface area contributed by atoms with E-state index in [2.05, 4.69) is 21.2 Å². The Labute approximate surface area is 213 Å². The fraction of sp³-hybridized carbons (Fsp3) is 0.391. The molecule has 190 valence electrons. The number of hydrogen-bond donors (Lipinski definition) is 1. The highest BCUT2D eigenvalue weighted by Gasteiger charge is 2.31. The van der Waals surface area contributed by atoms with Crippen molar-refractivity contribution >= 4 is 49.1 Å². The van der Waals surface area contributed by atoms with E-state index in [4.69, 9.17) is 0 Å². The maximum atomic E-state index is 13.5. The lowest BCUT2D eigenvalue weighted by Crippen LogP contribution is -2.51. The van der Waals surface area contributed by atoms with E-state index in [1.165, 1.54) is 17.0 Å². The topological polar surface area (TPSA) is 130 Å². The number of anilines is 1. The zero-order valence-electron chi connectivity index (χ0n) is 20.0. The van der Waals surface area contributed by atoms with Gasteiger partial charge >= 0.3 is 0 Å². The Kier molecular flexibility index (Phi) is 9.78. The molecule has 0 aliphatic carbocycles. The number of rotatable bonds is 11. The number of benzene rings is 2. The number of non-ortho nitro benzene ring substituents is 1. The molecular weight excluding hydrogens is 540 g/mol. The lowest BCUT2D eigenvalue weighted by Gasteiger charge is -2.31. The largest absolute Gasteiger partial charge is 0.354 e. The molecular formula is C23H29BrN4O6S. The molecule has 12 heteroatoms. The Morgan fingerprint density at radius 2 is 1.89 bits per heavy atom. The lowest BCUT2D eigenvalue weighted by atomic mass is 10.1. The van der Waals surface area contributed by atoms with Crippen LogP contribution in [0.15, 0.2) is 46.9 Å². The summed E-state index contributed by atoms with van der Waals surface area (Å²) < 4.78 is 27.0. The number of nitro groups is 1. The Hall–Kier alpha value is -2.99. The van der Waals surface area contributed by atoms with Crippen LogP contribution in [0.25, 0.3) is 0 Å². The van der Waals surface area contributed by atoms with Gasteiger partial charge in [0.15, 0.2) is 0 Å². The predicted octanol–water partition coefficient (Wildman–Crippen LogP) is 3.38. The van der Waals surface area contributed by atoms with E-state index in [1.54, 1.807) is 32.0 Å². The Morgan fingerprint density at radius 1 is 1.20 bits per heavy atom. The summed E-state index contributed by atoms with van der Waals surface area (Å²) in [7, 11) is -4.00. The summed E-state index contributed by atoms with van der Waals surface area (Å²) >= 11 is 3.39. The predicted molar refractivity (Wildman–Crippen MR) is 137 cm³/mol. The first-order valence-corrected chi connectivity index (χ1v) is 13.5. The molecule has 0 aromatic heterocycles. The average molecular weight is 569 g/mol. The molecule has 1 N–H and O–H groups in total. The number of hydrogen-bond acceptors (Lipinski definition) is 6. The van der Waals surface area contributed by atoms with Gasteiger partial charge in [-0.25, -0.2) is 8.42 Å². The zero-order chi connectivity index (χ0) is 26.3. The van der Waals surface area contributed by atoms with Crippen LogP contribution in [-0.2, 0) is 26.2 Å². The summed E-state index contributed by atoms with van der Waals surface area (Å²) in [6, 6.07) is 10.1. The van der Waals surface area contributed by atoms with E-state index >= 15 is 0 Å². The normalized spacial score (nSPS) is 12.0. The quantitative estimate of drug-likeness (QED) is 0.326. The molecule has 10 nitrogen and oxygen atoms in total. The molecule has 2 aromatic carbocycles. The molecule has 35 heavy (non-hydrogen) atoms. The van der Waals surface area contributed by atoms with Crippen molar-refractivity contribution in [3.63, 3.8) is 0 Å². The second-order valence-corrected chi connectivity index (χ2v) is 10.9. The second kappa shape index (κ2) is 12.1. The number of nitrogens with one attached hydrogen (secondary N) is 1. The Morgan fingerprint density at radius 3 is 2.46 bits per heavy atom. The van der Waals surface area contributed by atoms with E-state index in [1.807, 2.05) is 13.0 Å². The van der Waals surface area contributed by atoms with Gasteiger partial charge in [-0.1, -0.05) is 41.1 Å². The minimum Gasteiger partial charge on any atom is -0.354 e. The summed E-state index contributed by atoms with van der Waals surface area (Å²) in [5.74, 6) is -0.993. The van der Waals surface area contributed by atoms with Crippen LogP contribution in [0.4, 0.5) is 11.4 Å². The standard InChI is InChI=1S/C23H29BrN4O6S/c1-5-11-25-23(30)17(3)26(14-18-7-6-8-19(24)12-18)22(29)15-27(35(4,33)34)21-13-20(28(31)32)10-9-16(21)2/h6-10,12-13,17H,5,11,14-15H2,1-4H3,(H,25,30). The summed E-state index contributed by atoms with van der Waals surface area (Å²) in [5.41, 5.74) is 0.909. The molecule has 0 saturated carbocycles. The van der Waals surface area contributed by atoms with Gasteiger partial charge < -0.3 is 10.2 Å². The minimum absolute atomic E-state index is 0.0283.